The second-order valence-corrected chi connectivity index (χ2v) is 7.42. The van der Waals surface area contributed by atoms with Crippen LogP contribution >= 0.6 is 0 Å². The first kappa shape index (κ1) is 14.9. The van der Waals surface area contributed by atoms with Crippen LogP contribution in [-0.2, 0) is 10.0 Å². The van der Waals surface area contributed by atoms with Crippen molar-refractivity contribution in [2.24, 2.45) is 17.8 Å². The third-order valence-electron chi connectivity index (χ3n) is 2.85. The first-order valence-electron chi connectivity index (χ1n) is 5.67. The summed E-state index contributed by atoms with van der Waals surface area (Å²) in [6.07, 6.45) is 0. The van der Waals surface area contributed by atoms with E-state index in [9.17, 15) is 8.42 Å². The Balaban J connectivity index is 4.36. The molecule has 0 aromatic heterocycles. The Kier molecular flexibility index (Phi) is 5.81. The topological polar surface area (TPSA) is 46.2 Å². The van der Waals surface area contributed by atoms with Gasteiger partial charge in [0.1, 0.15) is 0 Å². The lowest BCUT2D eigenvalue weighted by Crippen LogP contribution is -2.37. The maximum Gasteiger partial charge on any atom is 0.213 e. The summed E-state index contributed by atoms with van der Waals surface area (Å²) in [7, 11) is -3.11. The normalized spacial score (nSPS) is 13.5. The van der Waals surface area contributed by atoms with Gasteiger partial charge in [0.15, 0.2) is 0 Å². The molecule has 3 nitrogen and oxygen atoms in total. The van der Waals surface area contributed by atoms with Gasteiger partial charge in [0, 0.05) is 6.54 Å². The standard InChI is InChI=1S/C11H25NO2S/c1-8(2)11(9(3)4)7-12-15(13,14)10(5)6/h8-12H,7H2,1-6H3. The Morgan fingerprint density at radius 1 is 0.933 bits per heavy atom. The molecule has 1 N–H and O–H groups in total. The molecule has 0 aliphatic heterocycles. The minimum Gasteiger partial charge on any atom is -0.215 e. The molecule has 0 spiro atoms. The highest BCUT2D eigenvalue weighted by molar-refractivity contribution is 7.90. The molecule has 0 fully saturated rings. The Hall–Kier alpha value is -0.0900. The predicted molar refractivity (Wildman–Crippen MR) is 65.2 cm³/mol. The molecule has 0 aliphatic carbocycles. The fraction of sp³-hybridized carbons (Fsp3) is 1.00. The van der Waals surface area contributed by atoms with Crippen LogP contribution in [0.1, 0.15) is 41.5 Å². The summed E-state index contributed by atoms with van der Waals surface area (Å²) in [5, 5.41) is -0.350. The molecule has 0 aromatic carbocycles. The van der Waals surface area contributed by atoms with Gasteiger partial charge in [0.2, 0.25) is 10.0 Å². The van der Waals surface area contributed by atoms with E-state index in [0.29, 0.717) is 24.3 Å². The molecule has 0 saturated heterocycles. The summed E-state index contributed by atoms with van der Waals surface area (Å²) in [4.78, 5) is 0. The molecule has 0 aromatic rings. The van der Waals surface area contributed by atoms with Crippen LogP contribution in [-0.4, -0.2) is 20.2 Å². The molecule has 0 bridgehead atoms. The van der Waals surface area contributed by atoms with E-state index >= 15 is 0 Å². The molecular weight excluding hydrogens is 210 g/mol. The van der Waals surface area contributed by atoms with Crippen molar-refractivity contribution in [3.63, 3.8) is 0 Å². The van der Waals surface area contributed by atoms with E-state index in [1.54, 1.807) is 13.8 Å². The highest BCUT2D eigenvalue weighted by Gasteiger charge is 2.21. The van der Waals surface area contributed by atoms with Crippen molar-refractivity contribution in [3.05, 3.63) is 0 Å². The lowest BCUT2D eigenvalue weighted by atomic mass is 9.86. The van der Waals surface area contributed by atoms with E-state index in [4.69, 9.17) is 0 Å². The van der Waals surface area contributed by atoms with Gasteiger partial charge in [-0.15, -0.1) is 0 Å². The highest BCUT2D eigenvalue weighted by atomic mass is 32.2. The number of hydrogen-bond donors (Lipinski definition) is 1. The first-order chi connectivity index (χ1) is 6.68. The lowest BCUT2D eigenvalue weighted by Gasteiger charge is -2.25. The van der Waals surface area contributed by atoms with E-state index in [1.165, 1.54) is 0 Å². The molecule has 0 aliphatic rings. The van der Waals surface area contributed by atoms with Gasteiger partial charge in [-0.05, 0) is 31.6 Å². The minimum atomic E-state index is -3.11. The van der Waals surface area contributed by atoms with Gasteiger partial charge in [0.25, 0.3) is 0 Å². The van der Waals surface area contributed by atoms with Gasteiger partial charge in [-0.2, -0.15) is 0 Å². The van der Waals surface area contributed by atoms with E-state index in [2.05, 4.69) is 32.4 Å². The minimum absolute atomic E-state index is 0.350. The van der Waals surface area contributed by atoms with Gasteiger partial charge in [0.05, 0.1) is 5.25 Å². The van der Waals surface area contributed by atoms with Gasteiger partial charge in [-0.3, -0.25) is 0 Å². The zero-order valence-corrected chi connectivity index (χ0v) is 11.6. The van der Waals surface area contributed by atoms with Gasteiger partial charge < -0.3 is 0 Å². The van der Waals surface area contributed by atoms with Crippen molar-refractivity contribution < 1.29 is 8.42 Å². The Labute approximate surface area is 94.7 Å². The lowest BCUT2D eigenvalue weighted by molar-refractivity contribution is 0.289. The van der Waals surface area contributed by atoms with Crippen molar-refractivity contribution in [1.82, 2.24) is 4.72 Å². The summed E-state index contributed by atoms with van der Waals surface area (Å²) in [5.41, 5.74) is 0. The van der Waals surface area contributed by atoms with Crippen LogP contribution in [0.25, 0.3) is 0 Å². The molecule has 0 radical (unpaired) electrons. The third-order valence-corrected chi connectivity index (χ3v) is 4.66. The maximum atomic E-state index is 11.6. The second kappa shape index (κ2) is 5.85. The van der Waals surface area contributed by atoms with Gasteiger partial charge in [-0.25, -0.2) is 13.1 Å². The van der Waals surface area contributed by atoms with Crippen LogP contribution in [0.15, 0.2) is 0 Å². The van der Waals surface area contributed by atoms with E-state index in [1.807, 2.05) is 0 Å². The van der Waals surface area contributed by atoms with Crippen LogP contribution in [0.2, 0.25) is 0 Å². The van der Waals surface area contributed by atoms with Crippen molar-refractivity contribution in [2.45, 2.75) is 46.8 Å². The Morgan fingerprint density at radius 2 is 1.33 bits per heavy atom. The summed E-state index contributed by atoms with van der Waals surface area (Å²) < 4.78 is 25.8. The van der Waals surface area contributed by atoms with Crippen LogP contribution in [0.4, 0.5) is 0 Å². The quantitative estimate of drug-likeness (QED) is 0.767. The first-order valence-corrected chi connectivity index (χ1v) is 7.21. The maximum absolute atomic E-state index is 11.6. The van der Waals surface area contributed by atoms with Crippen molar-refractivity contribution in [3.8, 4) is 0 Å². The number of hydrogen-bond acceptors (Lipinski definition) is 2. The van der Waals surface area contributed by atoms with Gasteiger partial charge in [-0.1, -0.05) is 27.7 Å². The number of rotatable bonds is 6. The average molecular weight is 235 g/mol. The predicted octanol–water partition coefficient (Wildman–Crippen LogP) is 2.24. The average Bonchev–Trinajstić information content (AvgIpc) is 2.02. The molecule has 15 heavy (non-hydrogen) atoms. The molecule has 92 valence electrons. The zero-order valence-electron chi connectivity index (χ0n) is 10.7. The van der Waals surface area contributed by atoms with E-state index in [0.717, 1.165) is 0 Å². The molecule has 0 heterocycles. The summed E-state index contributed by atoms with van der Waals surface area (Å²) >= 11 is 0. The van der Waals surface area contributed by atoms with Crippen LogP contribution in [0.3, 0.4) is 0 Å². The zero-order chi connectivity index (χ0) is 12.2. The Bertz CT molecular complexity index is 260. The molecular formula is C11H25NO2S. The summed E-state index contributed by atoms with van der Waals surface area (Å²) in [6, 6.07) is 0. The summed E-state index contributed by atoms with van der Waals surface area (Å²) in [6.45, 7) is 12.5. The van der Waals surface area contributed by atoms with E-state index < -0.39 is 10.0 Å². The SMILES string of the molecule is CC(C)C(CNS(=O)(=O)C(C)C)C(C)C. The van der Waals surface area contributed by atoms with Gasteiger partial charge >= 0.3 is 0 Å². The fourth-order valence-corrected chi connectivity index (χ4v) is 2.38. The second-order valence-electron chi connectivity index (χ2n) is 5.09. The van der Waals surface area contributed by atoms with Crippen LogP contribution < -0.4 is 4.72 Å². The van der Waals surface area contributed by atoms with Crippen molar-refractivity contribution in [2.75, 3.05) is 6.54 Å². The molecule has 0 unspecified atom stereocenters. The van der Waals surface area contributed by atoms with Crippen molar-refractivity contribution in [1.29, 1.82) is 0 Å². The fourth-order valence-electron chi connectivity index (χ4n) is 1.62. The van der Waals surface area contributed by atoms with E-state index in [-0.39, 0.29) is 5.25 Å². The van der Waals surface area contributed by atoms with Crippen LogP contribution in [0.5, 0.6) is 0 Å². The van der Waals surface area contributed by atoms with Crippen LogP contribution in [0, 0.1) is 17.8 Å². The molecule has 4 heteroatoms. The van der Waals surface area contributed by atoms with Crippen molar-refractivity contribution >= 4 is 10.0 Å². The molecule has 0 amide bonds. The number of nitrogens with one attached hydrogen (secondary N) is 1. The molecule has 0 atom stereocenters. The number of sulfonamides is 1. The summed E-state index contributed by atoms with van der Waals surface area (Å²) in [5.74, 6) is 1.40. The molecule has 0 saturated carbocycles. The Morgan fingerprint density at radius 3 is 1.60 bits per heavy atom. The smallest absolute Gasteiger partial charge is 0.213 e. The highest BCUT2D eigenvalue weighted by Crippen LogP contribution is 2.19. The third kappa shape index (κ3) is 4.98. The monoisotopic (exact) mass is 235 g/mol. The largest absolute Gasteiger partial charge is 0.215 e. The molecule has 0 rings (SSSR count).